The van der Waals surface area contributed by atoms with Crippen molar-refractivity contribution >= 4 is 0 Å². The molecule has 1 rings (SSSR count). The van der Waals surface area contributed by atoms with Crippen LogP contribution in [0.3, 0.4) is 0 Å². The molecule has 1 aliphatic carbocycles. The molecule has 0 aromatic rings. The predicted octanol–water partition coefficient (Wildman–Crippen LogP) is 2.03. The zero-order chi connectivity index (χ0) is 8.54. The average Bonchev–Trinajstić information content (AvgIpc) is 2.09. The maximum Gasteiger partial charge on any atom is 0.254 e. The molecule has 0 bridgehead atoms. The number of hydrogen-bond donors (Lipinski definition) is 1. The molecule has 0 aliphatic heterocycles. The Balaban J connectivity index is 2.68. The van der Waals surface area contributed by atoms with E-state index in [2.05, 4.69) is 5.32 Å². The Labute approximate surface area is 66.2 Å². The number of rotatable bonds is 2. The molecule has 0 radical (unpaired) electrons. The number of alkyl halides is 2. The highest BCUT2D eigenvalue weighted by Crippen LogP contribution is 2.49. The van der Waals surface area contributed by atoms with Crippen LogP contribution in [0.4, 0.5) is 8.78 Å². The number of nitrogens with one attached hydrogen (secondary N) is 1. The van der Waals surface area contributed by atoms with E-state index >= 15 is 0 Å². The van der Waals surface area contributed by atoms with Gasteiger partial charge in [0.15, 0.2) is 0 Å². The fraction of sp³-hybridized carbons (Fsp3) is 1.00. The van der Waals surface area contributed by atoms with Gasteiger partial charge in [-0.05, 0) is 19.9 Å². The third-order valence-corrected chi connectivity index (χ3v) is 2.67. The van der Waals surface area contributed by atoms with Crippen LogP contribution in [0.2, 0.25) is 0 Å². The summed E-state index contributed by atoms with van der Waals surface area (Å²) in [6.45, 7) is 2.08. The topological polar surface area (TPSA) is 12.0 Å². The molecule has 0 spiro atoms. The summed E-state index contributed by atoms with van der Waals surface area (Å²) in [7, 11) is 1.72. The van der Waals surface area contributed by atoms with Gasteiger partial charge in [0, 0.05) is 18.4 Å². The predicted molar refractivity (Wildman–Crippen MR) is 40.8 cm³/mol. The summed E-state index contributed by atoms with van der Waals surface area (Å²) in [6, 6.07) is 0. The van der Waals surface area contributed by atoms with Gasteiger partial charge in [-0.3, -0.25) is 0 Å². The quantitative estimate of drug-likeness (QED) is 0.656. The van der Waals surface area contributed by atoms with Crippen molar-refractivity contribution in [3.63, 3.8) is 0 Å². The lowest BCUT2D eigenvalue weighted by Crippen LogP contribution is -2.41. The normalized spacial score (nSPS) is 36.0. The monoisotopic (exact) mass is 163 g/mol. The van der Waals surface area contributed by atoms with Crippen molar-refractivity contribution in [2.24, 2.45) is 5.41 Å². The lowest BCUT2D eigenvalue weighted by Gasteiger charge is -2.30. The Kier molecular flexibility index (Phi) is 2.19. The van der Waals surface area contributed by atoms with Crippen LogP contribution in [0.15, 0.2) is 0 Å². The molecule has 66 valence electrons. The maximum atomic E-state index is 13.1. The van der Waals surface area contributed by atoms with E-state index in [-0.39, 0.29) is 6.42 Å². The highest BCUT2D eigenvalue weighted by Gasteiger charge is 2.52. The summed E-state index contributed by atoms with van der Waals surface area (Å²) >= 11 is 0. The molecule has 1 aliphatic rings. The van der Waals surface area contributed by atoms with Crippen LogP contribution in [-0.4, -0.2) is 19.5 Å². The minimum Gasteiger partial charge on any atom is -0.319 e. The van der Waals surface area contributed by atoms with Crippen LogP contribution in [0.5, 0.6) is 0 Å². The van der Waals surface area contributed by atoms with Crippen molar-refractivity contribution in [3.05, 3.63) is 0 Å². The average molecular weight is 163 g/mol. The Morgan fingerprint density at radius 3 is 2.36 bits per heavy atom. The minimum absolute atomic E-state index is 0.0607. The summed E-state index contributed by atoms with van der Waals surface area (Å²) in [6.07, 6.45) is 1.36. The van der Waals surface area contributed by atoms with Crippen molar-refractivity contribution < 1.29 is 8.78 Å². The third kappa shape index (κ3) is 1.39. The van der Waals surface area contributed by atoms with E-state index < -0.39 is 11.3 Å². The molecular weight excluding hydrogens is 148 g/mol. The second-order valence-corrected chi connectivity index (χ2v) is 3.65. The lowest BCUT2D eigenvalue weighted by atomic mass is 9.86. The van der Waals surface area contributed by atoms with Gasteiger partial charge in [0.2, 0.25) is 0 Å². The number of halogens is 2. The minimum atomic E-state index is -2.46. The maximum absolute atomic E-state index is 13.1. The molecule has 1 fully saturated rings. The molecule has 1 saturated carbocycles. The van der Waals surface area contributed by atoms with E-state index in [1.165, 1.54) is 0 Å². The summed E-state index contributed by atoms with van der Waals surface area (Å²) in [5, 5.41) is 2.83. The van der Waals surface area contributed by atoms with Crippen molar-refractivity contribution in [1.29, 1.82) is 0 Å². The fourth-order valence-electron chi connectivity index (χ4n) is 1.79. The smallest absolute Gasteiger partial charge is 0.254 e. The molecule has 0 aromatic carbocycles. The summed E-state index contributed by atoms with van der Waals surface area (Å²) in [4.78, 5) is 0. The van der Waals surface area contributed by atoms with Gasteiger partial charge in [-0.25, -0.2) is 8.78 Å². The molecule has 11 heavy (non-hydrogen) atoms. The highest BCUT2D eigenvalue weighted by atomic mass is 19.3. The Hall–Kier alpha value is -0.180. The van der Waals surface area contributed by atoms with E-state index in [0.29, 0.717) is 19.4 Å². The zero-order valence-corrected chi connectivity index (χ0v) is 7.08. The standard InChI is InChI=1S/C8H15F2N/c1-7(6-11-2)4-3-5-8(7,9)10/h11H,3-6H2,1-2H3. The third-order valence-electron chi connectivity index (χ3n) is 2.67. The Morgan fingerprint density at radius 2 is 2.00 bits per heavy atom. The zero-order valence-electron chi connectivity index (χ0n) is 7.08. The van der Waals surface area contributed by atoms with Gasteiger partial charge in [0.05, 0.1) is 0 Å². The summed E-state index contributed by atoms with van der Waals surface area (Å²) in [5.74, 6) is -2.46. The van der Waals surface area contributed by atoms with Gasteiger partial charge in [-0.1, -0.05) is 6.92 Å². The van der Waals surface area contributed by atoms with Crippen LogP contribution in [0.25, 0.3) is 0 Å². The molecule has 1 nitrogen and oxygen atoms in total. The fourth-order valence-corrected chi connectivity index (χ4v) is 1.79. The molecular formula is C8H15F2N. The first kappa shape index (κ1) is 8.91. The van der Waals surface area contributed by atoms with Gasteiger partial charge in [0.25, 0.3) is 5.92 Å². The molecule has 0 heterocycles. The molecule has 0 saturated heterocycles. The second-order valence-electron chi connectivity index (χ2n) is 3.65. The van der Waals surface area contributed by atoms with E-state index in [1.54, 1.807) is 14.0 Å². The van der Waals surface area contributed by atoms with Crippen molar-refractivity contribution in [2.75, 3.05) is 13.6 Å². The summed E-state index contributed by atoms with van der Waals surface area (Å²) in [5.41, 5.74) is -0.804. The van der Waals surface area contributed by atoms with E-state index in [0.717, 1.165) is 0 Å². The van der Waals surface area contributed by atoms with E-state index in [1.807, 2.05) is 0 Å². The molecule has 1 N–H and O–H groups in total. The molecule has 0 amide bonds. The Bertz CT molecular complexity index is 147. The van der Waals surface area contributed by atoms with Crippen molar-refractivity contribution in [1.82, 2.24) is 5.32 Å². The van der Waals surface area contributed by atoms with E-state index in [4.69, 9.17) is 0 Å². The molecule has 3 heteroatoms. The highest BCUT2D eigenvalue weighted by molar-refractivity contribution is 4.95. The molecule has 1 atom stereocenters. The summed E-state index contributed by atoms with van der Waals surface area (Å²) < 4.78 is 26.3. The lowest BCUT2D eigenvalue weighted by molar-refractivity contribution is -0.0876. The molecule has 0 aromatic heterocycles. The van der Waals surface area contributed by atoms with Crippen LogP contribution in [-0.2, 0) is 0 Å². The van der Waals surface area contributed by atoms with Crippen molar-refractivity contribution in [3.8, 4) is 0 Å². The second kappa shape index (κ2) is 2.70. The van der Waals surface area contributed by atoms with E-state index in [9.17, 15) is 8.78 Å². The van der Waals surface area contributed by atoms with Crippen LogP contribution >= 0.6 is 0 Å². The van der Waals surface area contributed by atoms with Crippen LogP contribution < -0.4 is 5.32 Å². The van der Waals surface area contributed by atoms with Crippen LogP contribution in [0.1, 0.15) is 26.2 Å². The largest absolute Gasteiger partial charge is 0.319 e. The van der Waals surface area contributed by atoms with Gasteiger partial charge < -0.3 is 5.32 Å². The van der Waals surface area contributed by atoms with Gasteiger partial charge >= 0.3 is 0 Å². The van der Waals surface area contributed by atoms with Gasteiger partial charge in [0.1, 0.15) is 0 Å². The Morgan fingerprint density at radius 1 is 1.36 bits per heavy atom. The first-order valence-corrected chi connectivity index (χ1v) is 4.04. The van der Waals surface area contributed by atoms with Gasteiger partial charge in [-0.15, -0.1) is 0 Å². The first-order chi connectivity index (χ1) is 5.02. The van der Waals surface area contributed by atoms with Crippen LogP contribution in [0, 0.1) is 5.41 Å². The SMILES string of the molecule is CNCC1(C)CCCC1(F)F. The molecule has 1 unspecified atom stereocenters. The first-order valence-electron chi connectivity index (χ1n) is 4.04. The van der Waals surface area contributed by atoms with Gasteiger partial charge in [-0.2, -0.15) is 0 Å². The number of hydrogen-bond acceptors (Lipinski definition) is 1. The van der Waals surface area contributed by atoms with Crippen molar-refractivity contribution in [2.45, 2.75) is 32.1 Å².